The van der Waals surface area contributed by atoms with Crippen molar-refractivity contribution >= 4 is 34.5 Å². The van der Waals surface area contributed by atoms with Crippen LogP contribution in [0.3, 0.4) is 0 Å². The van der Waals surface area contributed by atoms with Gasteiger partial charge in [-0.25, -0.2) is 0 Å². The quantitative estimate of drug-likeness (QED) is 0.744. The summed E-state index contributed by atoms with van der Waals surface area (Å²) in [5.74, 6) is 0.528. The highest BCUT2D eigenvalue weighted by Gasteiger charge is 2.41. The summed E-state index contributed by atoms with van der Waals surface area (Å²) in [4.78, 5) is 14.7. The smallest absolute Gasteiger partial charge is 0.216 e. The average Bonchev–Trinajstić information content (AvgIpc) is 3.13. The molecule has 4 rings (SSSR count). The number of nitriles is 1. The minimum atomic E-state index is -0.498. The lowest BCUT2D eigenvalue weighted by atomic mass is 9.76. The van der Waals surface area contributed by atoms with Gasteiger partial charge in [-0.2, -0.15) is 5.26 Å². The van der Waals surface area contributed by atoms with Crippen LogP contribution in [-0.2, 0) is 4.79 Å². The maximum Gasteiger partial charge on any atom is 0.216 e. The molecule has 0 saturated carbocycles. The standard InChI is InChI=1S/C19H17N5O2S2/c1-26-11-7-5-10(6-8-11)15-12(9-20)17(21)24(18-22-23-19(27)28-18)13-3-2-4-14(25)16(13)15/h5-8,15H,2-4,21H2,1H3,(H,23,27). The SMILES string of the molecule is COc1ccc(C2C(C#N)=C(N)N(c3n[nH]c(=S)s3)C3=C2C(=O)CCC3)cc1. The topological polar surface area (TPSA) is 108 Å². The van der Waals surface area contributed by atoms with Crippen molar-refractivity contribution in [1.82, 2.24) is 10.2 Å². The molecule has 3 N–H and O–H groups in total. The van der Waals surface area contributed by atoms with Crippen molar-refractivity contribution in [1.29, 1.82) is 5.26 Å². The third-order valence-electron chi connectivity index (χ3n) is 4.98. The van der Waals surface area contributed by atoms with E-state index in [0.717, 1.165) is 17.7 Å². The van der Waals surface area contributed by atoms with E-state index in [4.69, 9.17) is 22.7 Å². The molecule has 2 heterocycles. The van der Waals surface area contributed by atoms with Gasteiger partial charge in [0.2, 0.25) is 5.13 Å². The molecule has 0 fully saturated rings. The van der Waals surface area contributed by atoms with Crippen LogP contribution in [0.1, 0.15) is 30.7 Å². The van der Waals surface area contributed by atoms with Crippen LogP contribution < -0.4 is 15.4 Å². The minimum Gasteiger partial charge on any atom is -0.497 e. The van der Waals surface area contributed by atoms with E-state index < -0.39 is 5.92 Å². The predicted octanol–water partition coefficient (Wildman–Crippen LogP) is 3.51. The van der Waals surface area contributed by atoms with Crippen LogP contribution in [0.15, 0.2) is 46.9 Å². The third-order valence-corrected chi connectivity index (χ3v) is 6.05. The number of carbonyl (C=O) groups excluding carboxylic acids is 1. The second kappa shape index (κ2) is 7.22. The Kier molecular flexibility index (Phi) is 4.75. The van der Waals surface area contributed by atoms with Crippen molar-refractivity contribution in [3.05, 3.63) is 56.4 Å². The highest BCUT2D eigenvalue weighted by atomic mass is 32.1. The van der Waals surface area contributed by atoms with Gasteiger partial charge in [0.1, 0.15) is 11.6 Å². The summed E-state index contributed by atoms with van der Waals surface area (Å²) >= 11 is 6.41. The summed E-state index contributed by atoms with van der Waals surface area (Å²) in [6.07, 6.45) is 1.86. The summed E-state index contributed by atoms with van der Waals surface area (Å²) in [6.45, 7) is 0. The molecule has 0 spiro atoms. The molecule has 0 bridgehead atoms. The zero-order chi connectivity index (χ0) is 19.8. The number of aromatic nitrogens is 2. The number of carbonyl (C=O) groups is 1. The first kappa shape index (κ1) is 18.4. The van der Waals surface area contributed by atoms with Crippen LogP contribution in [0.2, 0.25) is 0 Å². The normalized spacial score (nSPS) is 19.5. The fraction of sp³-hybridized carbons (Fsp3) is 0.263. The molecule has 1 unspecified atom stereocenters. The van der Waals surface area contributed by atoms with Gasteiger partial charge >= 0.3 is 0 Å². The number of allylic oxidation sites excluding steroid dienone is 3. The van der Waals surface area contributed by atoms with Crippen molar-refractivity contribution in [2.75, 3.05) is 12.0 Å². The van der Waals surface area contributed by atoms with Crippen molar-refractivity contribution in [3.8, 4) is 11.8 Å². The molecule has 0 saturated heterocycles. The molecule has 1 aliphatic carbocycles. The van der Waals surface area contributed by atoms with Crippen LogP contribution >= 0.6 is 23.6 Å². The van der Waals surface area contributed by atoms with Crippen molar-refractivity contribution < 1.29 is 9.53 Å². The first-order chi connectivity index (χ1) is 13.5. The molecule has 7 nitrogen and oxygen atoms in total. The Balaban J connectivity index is 1.94. The molecule has 2 aliphatic rings. The molecule has 9 heteroatoms. The van der Waals surface area contributed by atoms with Gasteiger partial charge in [-0.05, 0) is 42.8 Å². The van der Waals surface area contributed by atoms with Crippen LogP contribution in [-0.4, -0.2) is 23.1 Å². The summed E-state index contributed by atoms with van der Waals surface area (Å²) < 4.78 is 5.73. The number of Topliss-reactive ketones (excluding diaryl/α,β-unsaturated/α-hetero) is 1. The van der Waals surface area contributed by atoms with Crippen LogP contribution in [0.5, 0.6) is 5.75 Å². The zero-order valence-electron chi connectivity index (χ0n) is 15.1. The number of H-pyrrole nitrogens is 1. The monoisotopic (exact) mass is 411 g/mol. The number of aromatic amines is 1. The van der Waals surface area contributed by atoms with E-state index in [1.165, 1.54) is 11.3 Å². The van der Waals surface area contributed by atoms with Crippen LogP contribution in [0.4, 0.5) is 5.13 Å². The fourth-order valence-corrected chi connectivity index (χ4v) is 4.67. The Labute approximate surface area is 170 Å². The van der Waals surface area contributed by atoms with E-state index in [1.807, 2.05) is 24.3 Å². The van der Waals surface area contributed by atoms with Crippen LogP contribution in [0.25, 0.3) is 0 Å². The highest BCUT2D eigenvalue weighted by molar-refractivity contribution is 7.73. The molecule has 1 atom stereocenters. The number of anilines is 1. The van der Waals surface area contributed by atoms with Crippen LogP contribution in [0, 0.1) is 15.3 Å². The van der Waals surface area contributed by atoms with Crippen molar-refractivity contribution in [2.24, 2.45) is 5.73 Å². The summed E-state index contributed by atoms with van der Waals surface area (Å²) in [6, 6.07) is 9.60. The van der Waals surface area contributed by atoms with E-state index in [0.29, 0.717) is 38.8 Å². The Bertz CT molecular complexity index is 1100. The predicted molar refractivity (Wildman–Crippen MR) is 108 cm³/mol. The van der Waals surface area contributed by atoms with Gasteiger partial charge in [0.05, 0.1) is 24.7 Å². The average molecular weight is 412 g/mol. The summed E-state index contributed by atoms with van der Waals surface area (Å²) in [5, 5.41) is 17.4. The molecule has 1 aromatic carbocycles. The molecule has 28 heavy (non-hydrogen) atoms. The van der Waals surface area contributed by atoms with Gasteiger partial charge in [0.25, 0.3) is 0 Å². The molecule has 0 amide bonds. The molecule has 2 aromatic rings. The lowest BCUT2D eigenvalue weighted by Gasteiger charge is -2.38. The number of nitrogens with zero attached hydrogens (tertiary/aromatic N) is 3. The number of ketones is 1. The van der Waals surface area contributed by atoms with E-state index in [-0.39, 0.29) is 11.6 Å². The number of hydrogen-bond donors (Lipinski definition) is 2. The van der Waals surface area contributed by atoms with E-state index >= 15 is 0 Å². The largest absolute Gasteiger partial charge is 0.497 e. The van der Waals surface area contributed by atoms with Gasteiger partial charge < -0.3 is 10.5 Å². The van der Waals surface area contributed by atoms with Gasteiger partial charge in [0.15, 0.2) is 9.74 Å². The Hall–Kier alpha value is -2.96. The summed E-state index contributed by atoms with van der Waals surface area (Å²) in [7, 11) is 1.59. The molecule has 0 radical (unpaired) electrons. The zero-order valence-corrected chi connectivity index (χ0v) is 16.7. The maximum atomic E-state index is 13.0. The maximum absolute atomic E-state index is 13.0. The second-order valence-corrected chi connectivity index (χ2v) is 8.13. The first-order valence-corrected chi connectivity index (χ1v) is 9.93. The highest BCUT2D eigenvalue weighted by Crippen LogP contribution is 2.46. The molecule has 142 valence electrons. The van der Waals surface area contributed by atoms with E-state index in [1.54, 1.807) is 12.0 Å². The number of rotatable bonds is 3. The third kappa shape index (κ3) is 2.91. The van der Waals surface area contributed by atoms with E-state index in [2.05, 4.69) is 16.3 Å². The number of benzene rings is 1. The Morgan fingerprint density at radius 3 is 2.75 bits per heavy atom. The lowest BCUT2D eigenvalue weighted by molar-refractivity contribution is -0.116. The molecule has 1 aliphatic heterocycles. The number of nitrogens with one attached hydrogen (secondary N) is 1. The molecular formula is C19H17N5O2S2. The lowest BCUT2D eigenvalue weighted by Crippen LogP contribution is -2.38. The van der Waals surface area contributed by atoms with Gasteiger partial charge in [-0.15, -0.1) is 5.10 Å². The number of hydrogen-bond acceptors (Lipinski definition) is 8. The number of ether oxygens (including phenoxy) is 1. The second-order valence-electron chi connectivity index (χ2n) is 6.49. The Morgan fingerprint density at radius 2 is 2.14 bits per heavy atom. The summed E-state index contributed by atoms with van der Waals surface area (Å²) in [5.41, 5.74) is 9.02. The number of nitrogens with two attached hydrogens (primary N) is 1. The van der Waals surface area contributed by atoms with E-state index in [9.17, 15) is 10.1 Å². The fourth-order valence-electron chi connectivity index (χ4n) is 3.75. The Morgan fingerprint density at radius 1 is 1.39 bits per heavy atom. The van der Waals surface area contributed by atoms with Gasteiger partial charge in [-0.1, -0.05) is 23.5 Å². The molecular weight excluding hydrogens is 394 g/mol. The molecule has 1 aromatic heterocycles. The first-order valence-electron chi connectivity index (χ1n) is 8.70. The minimum absolute atomic E-state index is 0.0338. The van der Waals surface area contributed by atoms with Crippen molar-refractivity contribution in [3.63, 3.8) is 0 Å². The van der Waals surface area contributed by atoms with Gasteiger partial charge in [-0.3, -0.25) is 14.8 Å². The van der Waals surface area contributed by atoms with Gasteiger partial charge in [0, 0.05) is 17.7 Å². The van der Waals surface area contributed by atoms with Crippen molar-refractivity contribution in [2.45, 2.75) is 25.2 Å². The number of methoxy groups -OCH3 is 1.